The number of halogens is 1. The van der Waals surface area contributed by atoms with Crippen LogP contribution in [0.1, 0.15) is 39.5 Å². The molecule has 2 N–H and O–H groups in total. The molecule has 4 unspecified atom stereocenters. The molecule has 26 heavy (non-hydrogen) atoms. The van der Waals surface area contributed by atoms with Crippen LogP contribution in [0.25, 0.3) is 0 Å². The minimum atomic E-state index is -0.733. The van der Waals surface area contributed by atoms with Crippen LogP contribution in [-0.2, 0) is 10.8 Å². The van der Waals surface area contributed by atoms with Gasteiger partial charge >= 0.3 is 0 Å². The quantitative estimate of drug-likeness (QED) is 0.561. The van der Waals surface area contributed by atoms with Crippen molar-refractivity contribution in [3.63, 3.8) is 0 Å². The van der Waals surface area contributed by atoms with Crippen LogP contribution in [0.2, 0.25) is 0 Å². The van der Waals surface area contributed by atoms with Crippen LogP contribution in [0.15, 0.2) is 29.3 Å². The lowest BCUT2D eigenvalue weighted by Crippen LogP contribution is -2.48. The summed E-state index contributed by atoms with van der Waals surface area (Å²) >= 11 is 0. The molecule has 1 fully saturated rings. The predicted octanol–water partition coefficient (Wildman–Crippen LogP) is 2.84. The Morgan fingerprint density at radius 1 is 1.38 bits per heavy atom. The van der Waals surface area contributed by atoms with E-state index < -0.39 is 10.8 Å². The summed E-state index contributed by atoms with van der Waals surface area (Å²) in [6.07, 6.45) is 4.04. The molecule has 1 aliphatic rings. The van der Waals surface area contributed by atoms with Gasteiger partial charge in [-0.1, -0.05) is 13.3 Å². The summed E-state index contributed by atoms with van der Waals surface area (Å²) in [6.45, 7) is 4.51. The van der Waals surface area contributed by atoms with Crippen LogP contribution < -0.4 is 15.4 Å². The Hall–Kier alpha value is -1.63. The monoisotopic (exact) mass is 383 g/mol. The Labute approximate surface area is 158 Å². The molecular weight excluding hydrogens is 353 g/mol. The number of guanidine groups is 1. The number of aliphatic imine (C=N–C) groups is 1. The van der Waals surface area contributed by atoms with E-state index in [1.165, 1.54) is 12.1 Å². The van der Waals surface area contributed by atoms with Gasteiger partial charge in [-0.2, -0.15) is 0 Å². The molecule has 1 aromatic carbocycles. The maximum Gasteiger partial charge on any atom is 0.191 e. The SMILES string of the molecule is CCS(=O)C1CCCC(NC(=NC)NCC(C)Oc2ccc(F)cc2)C1. The first-order chi connectivity index (χ1) is 12.5. The molecule has 1 saturated carbocycles. The molecule has 1 aromatic rings. The minimum absolute atomic E-state index is 0.0919. The van der Waals surface area contributed by atoms with E-state index in [0.717, 1.165) is 37.4 Å². The maximum absolute atomic E-state index is 12.9. The van der Waals surface area contributed by atoms with Crippen molar-refractivity contribution >= 4 is 16.8 Å². The van der Waals surface area contributed by atoms with Gasteiger partial charge in [0.1, 0.15) is 17.7 Å². The second-order valence-corrected chi connectivity index (χ2v) is 8.64. The lowest BCUT2D eigenvalue weighted by molar-refractivity contribution is 0.223. The van der Waals surface area contributed by atoms with Gasteiger partial charge in [0.15, 0.2) is 5.96 Å². The average molecular weight is 384 g/mol. The molecule has 0 aliphatic heterocycles. The van der Waals surface area contributed by atoms with Gasteiger partial charge in [0, 0.05) is 34.9 Å². The summed E-state index contributed by atoms with van der Waals surface area (Å²) in [5, 5.41) is 6.99. The van der Waals surface area contributed by atoms with Crippen LogP contribution in [-0.4, -0.2) is 46.9 Å². The van der Waals surface area contributed by atoms with Crippen LogP contribution in [0.3, 0.4) is 0 Å². The summed E-state index contributed by atoms with van der Waals surface area (Å²) in [5.74, 6) is 1.82. The number of hydrogen-bond acceptors (Lipinski definition) is 3. The maximum atomic E-state index is 12.9. The van der Waals surface area contributed by atoms with Gasteiger partial charge in [0.25, 0.3) is 0 Å². The van der Waals surface area contributed by atoms with Crippen molar-refractivity contribution in [3.05, 3.63) is 30.1 Å². The van der Waals surface area contributed by atoms with Gasteiger partial charge in [-0.25, -0.2) is 4.39 Å². The molecule has 0 saturated heterocycles. The third-order valence-electron chi connectivity index (χ3n) is 4.55. The fourth-order valence-corrected chi connectivity index (χ4v) is 4.51. The fraction of sp³-hybridized carbons (Fsp3) is 0.632. The molecular formula is C19H30FN3O2S. The van der Waals surface area contributed by atoms with E-state index in [4.69, 9.17) is 4.74 Å². The van der Waals surface area contributed by atoms with E-state index in [1.54, 1.807) is 19.2 Å². The zero-order valence-electron chi connectivity index (χ0n) is 15.8. The summed E-state index contributed by atoms with van der Waals surface area (Å²) < 4.78 is 30.8. The third kappa shape index (κ3) is 6.59. The Morgan fingerprint density at radius 3 is 2.77 bits per heavy atom. The van der Waals surface area contributed by atoms with E-state index in [1.807, 2.05) is 13.8 Å². The van der Waals surface area contributed by atoms with E-state index in [2.05, 4.69) is 15.6 Å². The van der Waals surface area contributed by atoms with Crippen LogP contribution >= 0.6 is 0 Å². The average Bonchev–Trinajstić information content (AvgIpc) is 2.66. The van der Waals surface area contributed by atoms with E-state index in [-0.39, 0.29) is 17.2 Å². The molecule has 4 atom stereocenters. The highest BCUT2D eigenvalue weighted by Crippen LogP contribution is 2.23. The molecule has 0 spiro atoms. The smallest absolute Gasteiger partial charge is 0.191 e. The van der Waals surface area contributed by atoms with E-state index in [0.29, 0.717) is 18.3 Å². The van der Waals surface area contributed by atoms with Crippen molar-refractivity contribution in [2.24, 2.45) is 4.99 Å². The zero-order chi connectivity index (χ0) is 18.9. The Bertz CT molecular complexity index is 609. The van der Waals surface area contributed by atoms with Gasteiger partial charge in [0.2, 0.25) is 0 Å². The highest BCUT2D eigenvalue weighted by molar-refractivity contribution is 7.85. The molecule has 5 nitrogen and oxygen atoms in total. The number of ether oxygens (including phenoxy) is 1. The molecule has 146 valence electrons. The van der Waals surface area contributed by atoms with Crippen LogP contribution in [0.4, 0.5) is 4.39 Å². The molecule has 2 rings (SSSR count). The van der Waals surface area contributed by atoms with Crippen molar-refractivity contribution in [1.29, 1.82) is 0 Å². The lowest BCUT2D eigenvalue weighted by Gasteiger charge is -2.30. The largest absolute Gasteiger partial charge is 0.489 e. The second kappa shape index (κ2) is 10.5. The van der Waals surface area contributed by atoms with Gasteiger partial charge in [0.05, 0.1) is 6.54 Å². The molecule has 0 bridgehead atoms. The summed E-state index contributed by atoms with van der Waals surface area (Å²) in [4.78, 5) is 4.28. The summed E-state index contributed by atoms with van der Waals surface area (Å²) in [6, 6.07) is 6.30. The number of benzene rings is 1. The van der Waals surface area contributed by atoms with Crippen LogP contribution in [0.5, 0.6) is 5.75 Å². The topological polar surface area (TPSA) is 62.7 Å². The predicted molar refractivity (Wildman–Crippen MR) is 106 cm³/mol. The van der Waals surface area contributed by atoms with Crippen LogP contribution in [0, 0.1) is 5.82 Å². The first-order valence-electron chi connectivity index (χ1n) is 9.28. The first-order valence-corrected chi connectivity index (χ1v) is 10.7. The van der Waals surface area contributed by atoms with Crippen molar-refractivity contribution < 1.29 is 13.3 Å². The van der Waals surface area contributed by atoms with Crippen molar-refractivity contribution in [2.45, 2.75) is 56.9 Å². The van der Waals surface area contributed by atoms with Gasteiger partial charge in [-0.15, -0.1) is 0 Å². The zero-order valence-corrected chi connectivity index (χ0v) is 16.7. The normalized spacial score (nSPS) is 23.2. The Balaban J connectivity index is 1.78. The van der Waals surface area contributed by atoms with Crippen molar-refractivity contribution in [3.8, 4) is 5.75 Å². The first kappa shape index (κ1) is 20.7. The molecule has 0 amide bonds. The summed E-state index contributed by atoms with van der Waals surface area (Å²) in [5.41, 5.74) is 0. The number of nitrogens with zero attached hydrogens (tertiary/aromatic N) is 1. The minimum Gasteiger partial charge on any atom is -0.489 e. The molecule has 0 heterocycles. The molecule has 7 heteroatoms. The second-order valence-electron chi connectivity index (χ2n) is 6.63. The highest BCUT2D eigenvalue weighted by atomic mass is 32.2. The Morgan fingerprint density at radius 2 is 2.12 bits per heavy atom. The van der Waals surface area contributed by atoms with E-state index >= 15 is 0 Å². The number of nitrogens with one attached hydrogen (secondary N) is 2. The van der Waals surface area contributed by atoms with Crippen molar-refractivity contribution in [2.75, 3.05) is 19.3 Å². The molecule has 1 aliphatic carbocycles. The fourth-order valence-electron chi connectivity index (χ4n) is 3.17. The third-order valence-corrected chi connectivity index (χ3v) is 6.30. The lowest BCUT2D eigenvalue weighted by atomic mass is 9.95. The number of hydrogen-bond donors (Lipinski definition) is 2. The summed E-state index contributed by atoms with van der Waals surface area (Å²) in [7, 11) is 1.01. The van der Waals surface area contributed by atoms with Crippen molar-refractivity contribution in [1.82, 2.24) is 10.6 Å². The van der Waals surface area contributed by atoms with E-state index in [9.17, 15) is 8.60 Å². The standard InChI is InChI=1S/C19H30FN3O2S/c1-4-26(24)18-7-5-6-16(12-18)23-19(21-3)22-13-14(2)25-17-10-8-15(20)9-11-17/h8-11,14,16,18H,4-7,12-13H2,1-3H3,(H2,21,22,23). The Kier molecular flexibility index (Phi) is 8.35. The molecule has 0 radical (unpaired) electrons. The highest BCUT2D eigenvalue weighted by Gasteiger charge is 2.26. The number of rotatable bonds is 7. The van der Waals surface area contributed by atoms with Gasteiger partial charge in [-0.05, 0) is 50.5 Å². The van der Waals surface area contributed by atoms with Gasteiger partial charge in [-0.3, -0.25) is 9.20 Å². The van der Waals surface area contributed by atoms with Gasteiger partial charge < -0.3 is 15.4 Å². The molecule has 0 aromatic heterocycles.